The van der Waals surface area contributed by atoms with Crippen LogP contribution < -0.4 is 0 Å². The first-order chi connectivity index (χ1) is 10.8. The van der Waals surface area contributed by atoms with Gasteiger partial charge in [0.05, 0.1) is 6.61 Å². The number of hydrogen-bond acceptors (Lipinski definition) is 2. The van der Waals surface area contributed by atoms with Gasteiger partial charge in [0.1, 0.15) is 0 Å². The molecule has 0 saturated carbocycles. The summed E-state index contributed by atoms with van der Waals surface area (Å²) in [6, 6.07) is 0. The molecule has 0 radical (unpaired) electrons. The molecule has 0 amide bonds. The maximum absolute atomic E-state index is 5.85. The highest BCUT2D eigenvalue weighted by Gasteiger charge is 2.29. The Kier molecular flexibility index (Phi) is 14.8. The summed E-state index contributed by atoms with van der Waals surface area (Å²) in [6.45, 7) is 7.08. The quantitative estimate of drug-likeness (QED) is 0.160. The van der Waals surface area contributed by atoms with Crippen LogP contribution in [0.2, 0.25) is 13.1 Å². The van der Waals surface area contributed by atoms with Crippen LogP contribution in [-0.4, -0.2) is 25.6 Å². The summed E-state index contributed by atoms with van der Waals surface area (Å²) in [7, 11) is -2.16. The Bertz CT molecular complexity index is 271. The van der Waals surface area contributed by atoms with Crippen molar-refractivity contribution in [3.05, 3.63) is 0 Å². The SMILES string of the molecule is CCCCCCCCCCCCCO[Si](C)(C)OCC(Cl)(Cl)Cl. The lowest BCUT2D eigenvalue weighted by Gasteiger charge is -2.25. The summed E-state index contributed by atoms with van der Waals surface area (Å²) in [5.74, 6) is 0. The van der Waals surface area contributed by atoms with Crippen molar-refractivity contribution in [2.75, 3.05) is 13.2 Å². The lowest BCUT2D eigenvalue weighted by atomic mass is 10.1. The van der Waals surface area contributed by atoms with Gasteiger partial charge < -0.3 is 8.85 Å². The molecule has 23 heavy (non-hydrogen) atoms. The highest BCUT2D eigenvalue weighted by atomic mass is 35.6. The smallest absolute Gasteiger partial charge is 0.331 e. The van der Waals surface area contributed by atoms with Gasteiger partial charge >= 0.3 is 8.56 Å². The normalized spacial score (nSPS) is 12.8. The van der Waals surface area contributed by atoms with Gasteiger partial charge in [-0.15, -0.1) is 0 Å². The largest absolute Gasteiger partial charge is 0.395 e. The molecule has 0 aromatic heterocycles. The maximum atomic E-state index is 5.85. The number of hydrogen-bond donors (Lipinski definition) is 0. The molecule has 0 saturated heterocycles. The van der Waals surface area contributed by atoms with E-state index >= 15 is 0 Å². The van der Waals surface area contributed by atoms with Crippen molar-refractivity contribution in [2.45, 2.75) is 94.4 Å². The average Bonchev–Trinajstić information content (AvgIpc) is 2.46. The van der Waals surface area contributed by atoms with Gasteiger partial charge in [0, 0.05) is 6.61 Å². The van der Waals surface area contributed by atoms with E-state index in [4.69, 9.17) is 43.7 Å². The Morgan fingerprint density at radius 1 is 0.696 bits per heavy atom. The van der Waals surface area contributed by atoms with Crippen molar-refractivity contribution in [2.24, 2.45) is 0 Å². The fourth-order valence-electron chi connectivity index (χ4n) is 2.38. The number of unbranched alkanes of at least 4 members (excludes halogenated alkanes) is 10. The molecular formula is C17H35Cl3O2Si. The van der Waals surface area contributed by atoms with Crippen LogP contribution in [0.5, 0.6) is 0 Å². The molecule has 0 aliphatic carbocycles. The first-order valence-corrected chi connectivity index (χ1v) is 13.1. The van der Waals surface area contributed by atoms with Gasteiger partial charge in [-0.2, -0.15) is 0 Å². The fourth-order valence-corrected chi connectivity index (χ4v) is 4.10. The zero-order chi connectivity index (χ0) is 17.6. The van der Waals surface area contributed by atoms with Crippen molar-refractivity contribution >= 4 is 43.4 Å². The van der Waals surface area contributed by atoms with Crippen LogP contribution in [0.15, 0.2) is 0 Å². The van der Waals surface area contributed by atoms with E-state index in [9.17, 15) is 0 Å². The van der Waals surface area contributed by atoms with Gasteiger partial charge in [-0.3, -0.25) is 0 Å². The predicted octanol–water partition coefficient (Wildman–Crippen LogP) is 7.40. The number of halogens is 3. The summed E-state index contributed by atoms with van der Waals surface area (Å²) < 4.78 is 10.1. The van der Waals surface area contributed by atoms with E-state index in [0.29, 0.717) is 0 Å². The van der Waals surface area contributed by atoms with E-state index in [-0.39, 0.29) is 6.61 Å². The zero-order valence-electron chi connectivity index (χ0n) is 15.1. The fraction of sp³-hybridized carbons (Fsp3) is 1.00. The Morgan fingerprint density at radius 3 is 1.57 bits per heavy atom. The van der Waals surface area contributed by atoms with Crippen LogP contribution in [0.3, 0.4) is 0 Å². The van der Waals surface area contributed by atoms with Gasteiger partial charge in [-0.1, -0.05) is 106 Å². The minimum absolute atomic E-state index is 0.0924. The molecule has 0 fully saturated rings. The van der Waals surface area contributed by atoms with Crippen molar-refractivity contribution < 1.29 is 8.85 Å². The minimum Gasteiger partial charge on any atom is -0.395 e. The molecule has 6 heteroatoms. The molecule has 0 rings (SSSR count). The standard InChI is InChI=1S/C17H35Cl3O2Si/c1-4-5-6-7-8-9-10-11-12-13-14-15-21-23(2,3)22-16-17(18,19)20/h4-16H2,1-3H3. The Morgan fingerprint density at radius 2 is 1.13 bits per heavy atom. The third-order valence-electron chi connectivity index (χ3n) is 3.78. The molecule has 0 atom stereocenters. The molecule has 0 heterocycles. The lowest BCUT2D eigenvalue weighted by Crippen LogP contribution is -2.38. The van der Waals surface area contributed by atoms with Crippen molar-refractivity contribution in [3.63, 3.8) is 0 Å². The highest BCUT2D eigenvalue weighted by Crippen LogP contribution is 2.27. The van der Waals surface area contributed by atoms with Gasteiger partial charge in [-0.05, 0) is 19.5 Å². The van der Waals surface area contributed by atoms with E-state index in [1.54, 1.807) is 0 Å². The summed E-state index contributed by atoms with van der Waals surface area (Å²) >= 11 is 17.1. The van der Waals surface area contributed by atoms with Crippen LogP contribution in [0.4, 0.5) is 0 Å². The van der Waals surface area contributed by atoms with E-state index in [1.165, 1.54) is 64.2 Å². The Balaban J connectivity index is 3.35. The molecule has 0 aliphatic rings. The minimum atomic E-state index is -2.16. The summed E-state index contributed by atoms with van der Waals surface area (Å²) in [5, 5.41) is 0. The topological polar surface area (TPSA) is 18.5 Å². The second-order valence-corrected chi connectivity index (χ2v) is 12.6. The van der Waals surface area contributed by atoms with E-state index < -0.39 is 12.4 Å². The molecule has 140 valence electrons. The second kappa shape index (κ2) is 14.2. The summed E-state index contributed by atoms with van der Waals surface area (Å²) in [6.07, 6.45) is 14.7. The molecule has 0 aliphatic heterocycles. The van der Waals surface area contributed by atoms with Crippen molar-refractivity contribution in [1.29, 1.82) is 0 Å². The molecule has 0 N–H and O–H groups in total. The van der Waals surface area contributed by atoms with Gasteiger partial charge in [0.15, 0.2) is 0 Å². The summed E-state index contributed by atoms with van der Waals surface area (Å²) in [4.78, 5) is 0. The molecule has 0 aromatic rings. The molecule has 0 spiro atoms. The van der Waals surface area contributed by atoms with E-state index in [1.807, 2.05) is 13.1 Å². The molecule has 0 aromatic carbocycles. The molecular weight excluding hydrogens is 371 g/mol. The zero-order valence-corrected chi connectivity index (χ0v) is 18.4. The molecule has 2 nitrogen and oxygen atoms in total. The van der Waals surface area contributed by atoms with E-state index in [2.05, 4.69) is 6.92 Å². The number of alkyl halides is 3. The van der Waals surface area contributed by atoms with Crippen molar-refractivity contribution in [1.82, 2.24) is 0 Å². The summed E-state index contributed by atoms with van der Waals surface area (Å²) in [5.41, 5.74) is 0. The molecule has 0 bridgehead atoms. The highest BCUT2D eigenvalue weighted by molar-refractivity contribution is 6.68. The van der Waals surface area contributed by atoms with Gasteiger partial charge in [-0.25, -0.2) is 0 Å². The second-order valence-electron chi connectivity index (χ2n) is 6.69. The first kappa shape index (κ1) is 24.0. The predicted molar refractivity (Wildman–Crippen MR) is 106 cm³/mol. The van der Waals surface area contributed by atoms with Crippen molar-refractivity contribution in [3.8, 4) is 0 Å². The van der Waals surface area contributed by atoms with Gasteiger partial charge in [0.25, 0.3) is 0 Å². The number of rotatable bonds is 15. The van der Waals surface area contributed by atoms with Crippen LogP contribution >= 0.6 is 34.8 Å². The Hall–Kier alpha value is 1.01. The van der Waals surface area contributed by atoms with E-state index in [0.717, 1.165) is 13.0 Å². The average molecular weight is 406 g/mol. The van der Waals surface area contributed by atoms with Gasteiger partial charge in [0.2, 0.25) is 3.79 Å². The third kappa shape index (κ3) is 19.2. The lowest BCUT2D eigenvalue weighted by molar-refractivity contribution is 0.178. The molecule has 0 unspecified atom stereocenters. The van der Waals surface area contributed by atoms with Crippen LogP contribution in [-0.2, 0) is 8.85 Å². The Labute approximate surface area is 159 Å². The van der Waals surface area contributed by atoms with Crippen LogP contribution in [0, 0.1) is 0 Å². The third-order valence-corrected chi connectivity index (χ3v) is 5.85. The van der Waals surface area contributed by atoms with Crippen LogP contribution in [0.1, 0.15) is 77.6 Å². The maximum Gasteiger partial charge on any atom is 0.331 e. The first-order valence-electron chi connectivity index (χ1n) is 9.11. The monoisotopic (exact) mass is 404 g/mol. The van der Waals surface area contributed by atoms with Crippen LogP contribution in [0.25, 0.3) is 0 Å².